The molecule has 3 heterocycles. The Labute approximate surface area is 128 Å². The molecule has 1 saturated carbocycles. The van der Waals surface area contributed by atoms with Crippen LogP contribution in [0.2, 0.25) is 0 Å². The van der Waals surface area contributed by atoms with Crippen LogP contribution in [0.4, 0.5) is 0 Å². The Bertz CT molecular complexity index is 549. The maximum atomic E-state index is 12.4. The van der Waals surface area contributed by atoms with Gasteiger partial charge in [-0.15, -0.1) is 11.8 Å². The van der Waals surface area contributed by atoms with Crippen LogP contribution in [-0.4, -0.2) is 52.3 Å². The average molecular weight is 308 g/mol. The maximum Gasteiger partial charge on any atom is 0.276 e. The number of ether oxygens (including phenoxy) is 1. The van der Waals surface area contributed by atoms with Crippen LogP contribution in [0.5, 0.6) is 0 Å². The third-order valence-electron chi connectivity index (χ3n) is 4.55. The number of carbonyl (C=O) groups is 1. The third-order valence-corrected chi connectivity index (χ3v) is 6.13. The summed E-state index contributed by atoms with van der Waals surface area (Å²) in [7, 11) is 0. The monoisotopic (exact) mass is 308 g/mol. The van der Waals surface area contributed by atoms with E-state index in [1.165, 1.54) is 0 Å². The van der Waals surface area contributed by atoms with Gasteiger partial charge in [0, 0.05) is 37.4 Å². The van der Waals surface area contributed by atoms with Crippen LogP contribution < -0.4 is 0 Å². The molecule has 0 aromatic carbocycles. The molecule has 1 aromatic heterocycles. The van der Waals surface area contributed by atoms with Crippen LogP contribution >= 0.6 is 11.8 Å². The van der Waals surface area contributed by atoms with Crippen molar-refractivity contribution in [1.29, 1.82) is 0 Å². The Morgan fingerprint density at radius 3 is 3.10 bits per heavy atom. The average Bonchev–Trinajstić information content (AvgIpc) is 3.01. The van der Waals surface area contributed by atoms with Crippen molar-refractivity contribution in [1.82, 2.24) is 10.1 Å². The van der Waals surface area contributed by atoms with Crippen molar-refractivity contribution in [3.63, 3.8) is 0 Å². The molecule has 2 aliphatic heterocycles. The number of hydrogen-bond donors (Lipinski definition) is 0. The van der Waals surface area contributed by atoms with Crippen LogP contribution in [0, 0.1) is 0 Å². The molecule has 1 spiro atoms. The lowest BCUT2D eigenvalue weighted by molar-refractivity contribution is 0.0353. The molecule has 1 aromatic rings. The van der Waals surface area contributed by atoms with Gasteiger partial charge in [-0.1, -0.05) is 5.16 Å². The topological polar surface area (TPSA) is 55.6 Å². The Balaban J connectivity index is 1.35. The summed E-state index contributed by atoms with van der Waals surface area (Å²) in [4.78, 5) is 14.3. The van der Waals surface area contributed by atoms with E-state index in [1.54, 1.807) is 0 Å². The van der Waals surface area contributed by atoms with Gasteiger partial charge in [-0.05, 0) is 26.2 Å². The number of thioether (sulfide) groups is 1. The molecule has 2 saturated heterocycles. The minimum Gasteiger partial charge on any atom is -0.378 e. The molecule has 0 radical (unpaired) electrons. The second kappa shape index (κ2) is 5.02. The van der Waals surface area contributed by atoms with Gasteiger partial charge in [-0.25, -0.2) is 0 Å². The highest BCUT2D eigenvalue weighted by atomic mass is 32.2. The number of carbonyl (C=O) groups excluding carboxylic acids is 1. The van der Waals surface area contributed by atoms with Gasteiger partial charge in [0.25, 0.3) is 5.91 Å². The number of nitrogens with zero attached hydrogens (tertiary/aromatic N) is 2. The molecule has 6 heteroatoms. The van der Waals surface area contributed by atoms with Crippen LogP contribution in [0.3, 0.4) is 0 Å². The molecule has 0 N–H and O–H groups in total. The smallest absolute Gasteiger partial charge is 0.276 e. The van der Waals surface area contributed by atoms with Crippen molar-refractivity contribution >= 4 is 17.7 Å². The first-order valence-corrected chi connectivity index (χ1v) is 8.69. The molecular weight excluding hydrogens is 288 g/mol. The summed E-state index contributed by atoms with van der Waals surface area (Å²) >= 11 is 1.95. The molecule has 3 fully saturated rings. The van der Waals surface area contributed by atoms with Gasteiger partial charge in [0.2, 0.25) is 0 Å². The van der Waals surface area contributed by atoms with Crippen molar-refractivity contribution in [3.8, 4) is 0 Å². The third kappa shape index (κ3) is 2.48. The van der Waals surface area contributed by atoms with E-state index in [0.29, 0.717) is 17.7 Å². The van der Waals surface area contributed by atoms with E-state index in [4.69, 9.17) is 9.26 Å². The fourth-order valence-electron chi connectivity index (χ4n) is 3.27. The Hall–Kier alpha value is -1.01. The molecule has 1 atom stereocenters. The summed E-state index contributed by atoms with van der Waals surface area (Å²) in [6, 6.07) is 1.83. The summed E-state index contributed by atoms with van der Waals surface area (Å²) < 4.78 is 11.2. The van der Waals surface area contributed by atoms with Gasteiger partial charge in [0.05, 0.1) is 10.9 Å². The van der Waals surface area contributed by atoms with Gasteiger partial charge in [0.15, 0.2) is 5.69 Å². The summed E-state index contributed by atoms with van der Waals surface area (Å²) in [6.07, 6.45) is 3.73. The molecule has 0 bridgehead atoms. The normalized spacial score (nSPS) is 27.1. The highest BCUT2D eigenvalue weighted by molar-refractivity contribution is 8.01. The summed E-state index contributed by atoms with van der Waals surface area (Å²) in [6.45, 7) is 4.43. The van der Waals surface area contributed by atoms with E-state index in [2.05, 4.69) is 5.16 Å². The predicted octanol–water partition coefficient (Wildman–Crippen LogP) is 2.29. The van der Waals surface area contributed by atoms with Crippen molar-refractivity contribution < 1.29 is 14.1 Å². The van der Waals surface area contributed by atoms with Gasteiger partial charge >= 0.3 is 0 Å². The molecule has 21 heavy (non-hydrogen) atoms. The zero-order valence-electron chi connectivity index (χ0n) is 12.2. The highest BCUT2D eigenvalue weighted by Gasteiger charge is 2.51. The number of hydrogen-bond acceptors (Lipinski definition) is 5. The Kier molecular flexibility index (Phi) is 3.26. The van der Waals surface area contributed by atoms with E-state index in [1.807, 2.05) is 29.7 Å². The highest BCUT2D eigenvalue weighted by Crippen LogP contribution is 2.46. The first-order chi connectivity index (χ1) is 10.2. The Morgan fingerprint density at radius 2 is 2.38 bits per heavy atom. The molecule has 0 unspecified atom stereocenters. The lowest BCUT2D eigenvalue weighted by Crippen LogP contribution is -2.60. The minimum absolute atomic E-state index is 0.0109. The van der Waals surface area contributed by atoms with Crippen molar-refractivity contribution in [3.05, 3.63) is 17.5 Å². The molecular formula is C15H20N2O3S. The number of likely N-dealkylation sites (tertiary alicyclic amines) is 1. The molecule has 1 aliphatic carbocycles. The quantitative estimate of drug-likeness (QED) is 0.854. The summed E-state index contributed by atoms with van der Waals surface area (Å²) in [5, 5.41) is 3.94. The zero-order valence-corrected chi connectivity index (χ0v) is 13.0. The van der Waals surface area contributed by atoms with Crippen LogP contribution in [-0.2, 0) is 4.74 Å². The molecule has 4 rings (SSSR count). The van der Waals surface area contributed by atoms with Gasteiger partial charge in [-0.2, -0.15) is 0 Å². The summed E-state index contributed by atoms with van der Waals surface area (Å²) in [5.41, 5.74) is 0.469. The van der Waals surface area contributed by atoms with Crippen LogP contribution in [0.1, 0.15) is 48.4 Å². The first kappa shape index (κ1) is 13.6. The number of aromatic nitrogens is 1. The molecule has 114 valence electrons. The van der Waals surface area contributed by atoms with Gasteiger partial charge in [-0.3, -0.25) is 4.79 Å². The molecule has 5 nitrogen and oxygen atoms in total. The van der Waals surface area contributed by atoms with Crippen molar-refractivity contribution in [2.24, 2.45) is 0 Å². The Morgan fingerprint density at radius 1 is 1.57 bits per heavy atom. The second-order valence-electron chi connectivity index (χ2n) is 6.33. The standard InChI is InChI=1S/C15H20N2O3S/c1-2-19-11-6-15(21-7-11)8-17(9-15)14(18)12-5-13(20-16-12)10-3-4-10/h5,10-11H,2-4,6-9H2,1H3/t11-/m1/s1. The van der Waals surface area contributed by atoms with Crippen LogP contribution in [0.25, 0.3) is 0 Å². The van der Waals surface area contributed by atoms with Crippen LogP contribution in [0.15, 0.2) is 10.6 Å². The lowest BCUT2D eigenvalue weighted by atomic mass is 9.92. The zero-order chi connectivity index (χ0) is 14.4. The second-order valence-corrected chi connectivity index (χ2v) is 7.81. The van der Waals surface area contributed by atoms with Crippen molar-refractivity contribution in [2.45, 2.75) is 43.0 Å². The molecule has 1 amide bonds. The number of amides is 1. The van der Waals surface area contributed by atoms with Gasteiger partial charge in [0.1, 0.15) is 5.76 Å². The predicted molar refractivity (Wildman–Crippen MR) is 79.6 cm³/mol. The van der Waals surface area contributed by atoms with Gasteiger partial charge < -0.3 is 14.2 Å². The number of rotatable bonds is 4. The van der Waals surface area contributed by atoms with E-state index >= 15 is 0 Å². The van der Waals surface area contributed by atoms with E-state index in [9.17, 15) is 4.79 Å². The minimum atomic E-state index is 0.0109. The van der Waals surface area contributed by atoms with Crippen molar-refractivity contribution in [2.75, 3.05) is 25.4 Å². The van der Waals surface area contributed by atoms with E-state index in [0.717, 1.165) is 50.5 Å². The first-order valence-electron chi connectivity index (χ1n) is 7.70. The maximum absolute atomic E-state index is 12.4. The SMILES string of the molecule is CCO[C@H]1CSC2(C1)CN(C(=O)c1cc(C3CC3)on1)C2. The molecule has 3 aliphatic rings. The van der Waals surface area contributed by atoms with E-state index < -0.39 is 0 Å². The van der Waals surface area contributed by atoms with E-state index in [-0.39, 0.29) is 10.7 Å². The fourth-order valence-corrected chi connectivity index (χ4v) is 4.82. The summed E-state index contributed by atoms with van der Waals surface area (Å²) in [5.74, 6) is 2.43. The lowest BCUT2D eigenvalue weighted by Gasteiger charge is -2.47. The fraction of sp³-hybridized carbons (Fsp3) is 0.733. The largest absolute Gasteiger partial charge is 0.378 e.